The minimum absolute atomic E-state index is 0.650. The van der Waals surface area contributed by atoms with Crippen LogP contribution in [0.3, 0.4) is 0 Å². The molecule has 0 aliphatic heterocycles. The van der Waals surface area contributed by atoms with Crippen LogP contribution >= 0.6 is 0 Å². The molecule has 1 heteroatoms. The number of unbranched alkanes of at least 4 members (excludes halogenated alkanes) is 8. The molecule has 0 aliphatic carbocycles. The standard InChI is InChI=1S/C18H37N/c1-5-7-8-9-10-11-12-13-14-15-18(19-4)16-17(3)6-2/h18-19H,3,5-16H2,1-2,4H3. The normalized spacial score (nSPS) is 12.6. The molecule has 0 aliphatic rings. The van der Waals surface area contributed by atoms with Crippen LogP contribution in [0.2, 0.25) is 0 Å². The van der Waals surface area contributed by atoms with Crippen LogP contribution in [0.25, 0.3) is 0 Å². The summed E-state index contributed by atoms with van der Waals surface area (Å²) >= 11 is 0. The Hall–Kier alpha value is -0.300. The Bertz CT molecular complexity index is 198. The molecule has 0 radical (unpaired) electrons. The van der Waals surface area contributed by atoms with Crippen LogP contribution in [-0.4, -0.2) is 13.1 Å². The predicted octanol–water partition coefficient (Wildman–Crippen LogP) is 5.85. The van der Waals surface area contributed by atoms with Crippen molar-refractivity contribution in [1.82, 2.24) is 5.32 Å². The maximum atomic E-state index is 4.11. The molecule has 0 amide bonds. The Morgan fingerprint density at radius 2 is 1.42 bits per heavy atom. The minimum Gasteiger partial charge on any atom is -0.317 e. The van der Waals surface area contributed by atoms with Gasteiger partial charge in [0.15, 0.2) is 0 Å². The number of rotatable bonds is 14. The van der Waals surface area contributed by atoms with E-state index in [9.17, 15) is 0 Å². The molecule has 1 nitrogen and oxygen atoms in total. The van der Waals surface area contributed by atoms with Crippen molar-refractivity contribution in [2.75, 3.05) is 7.05 Å². The van der Waals surface area contributed by atoms with Gasteiger partial charge in [0.25, 0.3) is 0 Å². The van der Waals surface area contributed by atoms with Crippen LogP contribution in [0.1, 0.15) is 90.9 Å². The quantitative estimate of drug-likeness (QED) is 0.307. The first kappa shape index (κ1) is 18.7. The van der Waals surface area contributed by atoms with Crippen molar-refractivity contribution in [1.29, 1.82) is 0 Å². The third-order valence-electron chi connectivity index (χ3n) is 4.10. The van der Waals surface area contributed by atoms with Gasteiger partial charge < -0.3 is 5.32 Å². The Morgan fingerprint density at radius 3 is 1.89 bits per heavy atom. The second kappa shape index (κ2) is 14.1. The number of hydrogen-bond acceptors (Lipinski definition) is 1. The summed E-state index contributed by atoms with van der Waals surface area (Å²) < 4.78 is 0. The topological polar surface area (TPSA) is 12.0 Å². The maximum Gasteiger partial charge on any atom is 0.0101 e. The van der Waals surface area contributed by atoms with Crippen molar-refractivity contribution in [3.05, 3.63) is 12.2 Å². The molecule has 1 N–H and O–H groups in total. The fourth-order valence-corrected chi connectivity index (χ4v) is 2.54. The highest BCUT2D eigenvalue weighted by Crippen LogP contribution is 2.15. The lowest BCUT2D eigenvalue weighted by Gasteiger charge is -2.16. The first-order valence-electron chi connectivity index (χ1n) is 8.58. The second-order valence-electron chi connectivity index (χ2n) is 5.91. The third kappa shape index (κ3) is 12.5. The van der Waals surface area contributed by atoms with E-state index in [-0.39, 0.29) is 0 Å². The van der Waals surface area contributed by atoms with E-state index >= 15 is 0 Å². The van der Waals surface area contributed by atoms with Gasteiger partial charge in [-0.2, -0.15) is 0 Å². The molecule has 1 atom stereocenters. The molecule has 0 saturated heterocycles. The molecule has 114 valence electrons. The molecule has 0 heterocycles. The van der Waals surface area contributed by atoms with Crippen LogP contribution in [0.4, 0.5) is 0 Å². The summed E-state index contributed by atoms with van der Waals surface area (Å²) in [6.45, 7) is 8.60. The molecular weight excluding hydrogens is 230 g/mol. The van der Waals surface area contributed by atoms with Crippen molar-refractivity contribution < 1.29 is 0 Å². The zero-order valence-electron chi connectivity index (χ0n) is 13.8. The number of hydrogen-bond donors (Lipinski definition) is 1. The van der Waals surface area contributed by atoms with Gasteiger partial charge >= 0.3 is 0 Å². The first-order chi connectivity index (χ1) is 9.24. The average molecular weight is 268 g/mol. The smallest absolute Gasteiger partial charge is 0.0101 e. The summed E-state index contributed by atoms with van der Waals surface area (Å²) in [5.41, 5.74) is 1.38. The van der Waals surface area contributed by atoms with E-state index in [1.54, 1.807) is 0 Å². The van der Waals surface area contributed by atoms with E-state index in [0.29, 0.717) is 6.04 Å². The summed E-state index contributed by atoms with van der Waals surface area (Å²) in [6, 6.07) is 0.650. The molecule has 0 saturated carbocycles. The predicted molar refractivity (Wildman–Crippen MR) is 88.7 cm³/mol. The molecule has 0 spiro atoms. The Labute approximate surface area is 122 Å². The fourth-order valence-electron chi connectivity index (χ4n) is 2.54. The van der Waals surface area contributed by atoms with Crippen LogP contribution in [0.15, 0.2) is 12.2 Å². The SMILES string of the molecule is C=C(CC)CC(CCCCCCCCCCC)NC. The molecule has 19 heavy (non-hydrogen) atoms. The molecule has 0 rings (SSSR count). The molecule has 0 aromatic rings. The van der Waals surface area contributed by atoms with Crippen molar-refractivity contribution >= 4 is 0 Å². The van der Waals surface area contributed by atoms with Crippen molar-refractivity contribution in [3.63, 3.8) is 0 Å². The highest BCUT2D eigenvalue weighted by molar-refractivity contribution is 4.96. The monoisotopic (exact) mass is 267 g/mol. The van der Waals surface area contributed by atoms with Crippen molar-refractivity contribution in [3.8, 4) is 0 Å². The van der Waals surface area contributed by atoms with Gasteiger partial charge in [0.2, 0.25) is 0 Å². The van der Waals surface area contributed by atoms with Crippen LogP contribution in [0, 0.1) is 0 Å². The first-order valence-corrected chi connectivity index (χ1v) is 8.58. The third-order valence-corrected chi connectivity index (χ3v) is 4.10. The largest absolute Gasteiger partial charge is 0.317 e. The van der Waals surface area contributed by atoms with E-state index in [2.05, 4.69) is 32.8 Å². The van der Waals surface area contributed by atoms with Gasteiger partial charge in [-0.15, -0.1) is 0 Å². The van der Waals surface area contributed by atoms with Gasteiger partial charge in [-0.1, -0.05) is 83.8 Å². The maximum absolute atomic E-state index is 4.11. The zero-order chi connectivity index (χ0) is 14.3. The summed E-state index contributed by atoms with van der Waals surface area (Å²) in [6.07, 6.45) is 16.3. The highest BCUT2D eigenvalue weighted by atomic mass is 14.9. The Kier molecular flexibility index (Phi) is 13.9. The molecule has 0 bridgehead atoms. The van der Waals surface area contributed by atoms with Gasteiger partial charge in [0.05, 0.1) is 0 Å². The van der Waals surface area contributed by atoms with E-state index in [4.69, 9.17) is 0 Å². The van der Waals surface area contributed by atoms with Gasteiger partial charge in [-0.25, -0.2) is 0 Å². The number of nitrogens with one attached hydrogen (secondary N) is 1. The van der Waals surface area contributed by atoms with E-state index in [1.807, 2.05) is 0 Å². The van der Waals surface area contributed by atoms with E-state index < -0.39 is 0 Å². The average Bonchev–Trinajstić information content (AvgIpc) is 2.43. The Morgan fingerprint density at radius 1 is 0.895 bits per heavy atom. The summed E-state index contributed by atoms with van der Waals surface area (Å²) in [7, 11) is 2.08. The molecule has 0 fully saturated rings. The van der Waals surface area contributed by atoms with Crippen LogP contribution < -0.4 is 5.32 Å². The van der Waals surface area contributed by atoms with Crippen molar-refractivity contribution in [2.45, 2.75) is 96.9 Å². The van der Waals surface area contributed by atoms with E-state index in [1.165, 1.54) is 69.8 Å². The lowest BCUT2D eigenvalue weighted by molar-refractivity contribution is 0.473. The van der Waals surface area contributed by atoms with Gasteiger partial charge in [-0.3, -0.25) is 0 Å². The minimum atomic E-state index is 0.650. The van der Waals surface area contributed by atoms with Crippen LogP contribution in [0.5, 0.6) is 0 Å². The lowest BCUT2D eigenvalue weighted by atomic mass is 9.99. The molecule has 1 unspecified atom stereocenters. The van der Waals surface area contributed by atoms with Gasteiger partial charge in [-0.05, 0) is 26.3 Å². The van der Waals surface area contributed by atoms with Crippen LogP contribution in [-0.2, 0) is 0 Å². The summed E-state index contributed by atoms with van der Waals surface area (Å²) in [4.78, 5) is 0. The highest BCUT2D eigenvalue weighted by Gasteiger charge is 2.06. The second-order valence-corrected chi connectivity index (χ2v) is 5.91. The van der Waals surface area contributed by atoms with Gasteiger partial charge in [0.1, 0.15) is 0 Å². The fraction of sp³-hybridized carbons (Fsp3) is 0.889. The lowest BCUT2D eigenvalue weighted by Crippen LogP contribution is -2.25. The molecule has 0 aromatic carbocycles. The summed E-state index contributed by atoms with van der Waals surface area (Å²) in [5.74, 6) is 0. The zero-order valence-corrected chi connectivity index (χ0v) is 13.8. The summed E-state index contributed by atoms with van der Waals surface area (Å²) in [5, 5.41) is 3.43. The molecular formula is C18H37N. The van der Waals surface area contributed by atoms with Crippen molar-refractivity contribution in [2.24, 2.45) is 0 Å². The van der Waals surface area contributed by atoms with E-state index in [0.717, 1.165) is 12.8 Å². The molecule has 0 aromatic heterocycles. The Balaban J connectivity index is 3.33. The van der Waals surface area contributed by atoms with Gasteiger partial charge in [0, 0.05) is 6.04 Å².